The average Bonchev–Trinajstić information content (AvgIpc) is 2.82. The number of nitrogens with one attached hydrogen (secondary N) is 1. The van der Waals surface area contributed by atoms with Gasteiger partial charge in [0.2, 0.25) is 11.8 Å². The summed E-state index contributed by atoms with van der Waals surface area (Å²) in [5, 5.41) is 2.97. The first-order valence-corrected chi connectivity index (χ1v) is 7.22. The second-order valence-corrected chi connectivity index (χ2v) is 5.54. The van der Waals surface area contributed by atoms with Crippen molar-refractivity contribution in [1.29, 1.82) is 0 Å². The first-order chi connectivity index (χ1) is 9.18. The molecule has 4 nitrogen and oxygen atoms in total. The Labute approximate surface area is 114 Å². The van der Waals surface area contributed by atoms with Crippen LogP contribution >= 0.6 is 0 Å². The van der Waals surface area contributed by atoms with Crippen molar-refractivity contribution in [3.63, 3.8) is 0 Å². The van der Waals surface area contributed by atoms with Crippen molar-refractivity contribution in [2.75, 3.05) is 13.1 Å². The number of rotatable bonds is 4. The molecule has 104 valence electrons. The number of hydrogen-bond acceptors (Lipinski definition) is 2. The lowest BCUT2D eigenvalue weighted by atomic mass is 9.95. The highest BCUT2D eigenvalue weighted by Crippen LogP contribution is 2.33. The van der Waals surface area contributed by atoms with Crippen LogP contribution in [0.3, 0.4) is 0 Å². The summed E-state index contributed by atoms with van der Waals surface area (Å²) in [7, 11) is 0. The van der Waals surface area contributed by atoms with E-state index in [1.165, 1.54) is 0 Å². The van der Waals surface area contributed by atoms with Crippen molar-refractivity contribution in [3.05, 3.63) is 0 Å². The molecule has 2 amide bonds. The first kappa shape index (κ1) is 13.9. The third kappa shape index (κ3) is 3.09. The van der Waals surface area contributed by atoms with Gasteiger partial charge in [0.1, 0.15) is 5.54 Å². The van der Waals surface area contributed by atoms with E-state index in [0.717, 1.165) is 51.5 Å². The number of unbranched alkanes of at least 4 members (excludes halogenated alkanes) is 2. The summed E-state index contributed by atoms with van der Waals surface area (Å²) in [5.41, 5.74) is -0.598. The number of hydrogen-bond donors (Lipinski definition) is 1. The van der Waals surface area contributed by atoms with Crippen molar-refractivity contribution in [1.82, 2.24) is 10.2 Å². The van der Waals surface area contributed by atoms with Gasteiger partial charge in [-0.25, -0.2) is 0 Å². The Bertz CT molecular complexity index is 391. The van der Waals surface area contributed by atoms with Gasteiger partial charge in [-0.05, 0) is 25.7 Å². The topological polar surface area (TPSA) is 49.4 Å². The van der Waals surface area contributed by atoms with Crippen LogP contribution < -0.4 is 5.32 Å². The van der Waals surface area contributed by atoms with Crippen LogP contribution in [-0.2, 0) is 9.59 Å². The average molecular weight is 262 g/mol. The molecule has 1 saturated heterocycles. The maximum absolute atomic E-state index is 12.6. The van der Waals surface area contributed by atoms with Crippen LogP contribution in [0, 0.1) is 12.3 Å². The van der Waals surface area contributed by atoms with E-state index < -0.39 is 5.54 Å². The van der Waals surface area contributed by atoms with E-state index in [1.54, 1.807) is 0 Å². The highest BCUT2D eigenvalue weighted by Gasteiger charge is 2.46. The van der Waals surface area contributed by atoms with Gasteiger partial charge in [-0.15, -0.1) is 12.3 Å². The first-order valence-electron chi connectivity index (χ1n) is 7.22. The summed E-state index contributed by atoms with van der Waals surface area (Å²) in [5.74, 6) is 2.75. The Kier molecular flexibility index (Phi) is 4.47. The maximum Gasteiger partial charge on any atom is 0.248 e. The Morgan fingerprint density at radius 3 is 2.68 bits per heavy atom. The van der Waals surface area contributed by atoms with E-state index in [9.17, 15) is 9.59 Å². The summed E-state index contributed by atoms with van der Waals surface area (Å²) >= 11 is 0. The van der Waals surface area contributed by atoms with Gasteiger partial charge in [0.05, 0.1) is 0 Å². The number of amides is 2. The zero-order valence-electron chi connectivity index (χ0n) is 11.4. The Morgan fingerprint density at radius 1 is 1.26 bits per heavy atom. The summed E-state index contributed by atoms with van der Waals surface area (Å²) in [6.07, 6.45) is 11.9. The molecule has 0 atom stereocenters. The van der Waals surface area contributed by atoms with Gasteiger partial charge in [-0.1, -0.05) is 12.8 Å². The molecule has 4 heteroatoms. The highest BCUT2D eigenvalue weighted by atomic mass is 16.2. The van der Waals surface area contributed by atoms with E-state index >= 15 is 0 Å². The lowest BCUT2D eigenvalue weighted by Crippen LogP contribution is -2.55. The van der Waals surface area contributed by atoms with Crippen LogP contribution in [0.5, 0.6) is 0 Å². The van der Waals surface area contributed by atoms with Crippen LogP contribution in [-0.4, -0.2) is 35.3 Å². The minimum absolute atomic E-state index is 0.0152. The molecule has 0 aromatic heterocycles. The molecule has 0 aromatic rings. The second kappa shape index (κ2) is 6.10. The molecule has 0 bridgehead atoms. The van der Waals surface area contributed by atoms with Gasteiger partial charge in [-0.3, -0.25) is 9.59 Å². The monoisotopic (exact) mass is 262 g/mol. The lowest BCUT2D eigenvalue weighted by molar-refractivity contribution is -0.138. The van der Waals surface area contributed by atoms with Crippen LogP contribution in [0.25, 0.3) is 0 Å². The molecule has 19 heavy (non-hydrogen) atoms. The van der Waals surface area contributed by atoms with Crippen LogP contribution in [0.4, 0.5) is 0 Å². The lowest BCUT2D eigenvalue weighted by Gasteiger charge is -2.31. The predicted octanol–water partition coefficient (Wildman–Crippen LogP) is 1.45. The third-order valence-corrected chi connectivity index (χ3v) is 4.14. The van der Waals surface area contributed by atoms with Gasteiger partial charge >= 0.3 is 0 Å². The van der Waals surface area contributed by atoms with Crippen LogP contribution in [0.1, 0.15) is 51.4 Å². The van der Waals surface area contributed by atoms with Crippen molar-refractivity contribution in [2.45, 2.75) is 56.9 Å². The molecule has 1 aliphatic carbocycles. The third-order valence-electron chi connectivity index (χ3n) is 4.14. The molecule has 2 rings (SSSR count). The van der Waals surface area contributed by atoms with Crippen molar-refractivity contribution >= 4 is 11.8 Å². The molecule has 1 aliphatic heterocycles. The highest BCUT2D eigenvalue weighted by molar-refractivity contribution is 5.93. The Morgan fingerprint density at radius 2 is 2.00 bits per heavy atom. The van der Waals surface area contributed by atoms with Crippen molar-refractivity contribution < 1.29 is 9.59 Å². The summed E-state index contributed by atoms with van der Waals surface area (Å²) < 4.78 is 0. The quantitative estimate of drug-likeness (QED) is 0.616. The fourth-order valence-electron chi connectivity index (χ4n) is 3.08. The number of terminal acetylenes is 1. The molecule has 2 fully saturated rings. The number of nitrogens with zero attached hydrogens (tertiary/aromatic N) is 1. The zero-order chi connectivity index (χ0) is 13.7. The minimum Gasteiger partial charge on any atom is -0.342 e. The molecule has 1 saturated carbocycles. The molecular weight excluding hydrogens is 240 g/mol. The second-order valence-electron chi connectivity index (χ2n) is 5.54. The standard InChI is InChI=1S/C15H22N2O2/c1-2-3-4-7-11-17-12-8-13(18)16-15(14(17)19)9-5-6-10-15/h1H,3-12H2,(H,16,18). The Hall–Kier alpha value is -1.50. The van der Waals surface area contributed by atoms with Crippen molar-refractivity contribution in [3.8, 4) is 12.3 Å². The summed E-state index contributed by atoms with van der Waals surface area (Å²) in [6.45, 7) is 1.26. The largest absolute Gasteiger partial charge is 0.342 e. The molecule has 0 unspecified atom stereocenters. The SMILES string of the molecule is C#CCCCCN1CCC(=O)NC2(CCCC2)C1=O. The van der Waals surface area contributed by atoms with Gasteiger partial charge in [0, 0.05) is 25.9 Å². The summed E-state index contributed by atoms with van der Waals surface area (Å²) in [6, 6.07) is 0. The van der Waals surface area contributed by atoms with E-state index in [2.05, 4.69) is 11.2 Å². The Balaban J connectivity index is 2.00. The maximum atomic E-state index is 12.6. The fraction of sp³-hybridized carbons (Fsp3) is 0.733. The van der Waals surface area contributed by atoms with E-state index in [4.69, 9.17) is 6.42 Å². The van der Waals surface area contributed by atoms with E-state index in [-0.39, 0.29) is 11.8 Å². The molecule has 0 radical (unpaired) electrons. The molecule has 1 N–H and O–H groups in total. The molecule has 1 spiro atoms. The normalized spacial score (nSPS) is 22.2. The predicted molar refractivity (Wildman–Crippen MR) is 73.2 cm³/mol. The van der Waals surface area contributed by atoms with Gasteiger partial charge < -0.3 is 10.2 Å². The number of carbonyl (C=O) groups excluding carboxylic acids is 2. The smallest absolute Gasteiger partial charge is 0.248 e. The zero-order valence-corrected chi connectivity index (χ0v) is 11.4. The van der Waals surface area contributed by atoms with Crippen molar-refractivity contribution in [2.24, 2.45) is 0 Å². The molecular formula is C15H22N2O2. The fourth-order valence-corrected chi connectivity index (χ4v) is 3.08. The van der Waals surface area contributed by atoms with Gasteiger partial charge in [0.25, 0.3) is 0 Å². The minimum atomic E-state index is -0.598. The van der Waals surface area contributed by atoms with E-state index in [1.807, 2.05) is 4.90 Å². The number of carbonyl (C=O) groups is 2. The van der Waals surface area contributed by atoms with Crippen LogP contribution in [0.15, 0.2) is 0 Å². The summed E-state index contributed by atoms with van der Waals surface area (Å²) in [4.78, 5) is 26.3. The molecule has 1 heterocycles. The molecule has 0 aromatic carbocycles. The van der Waals surface area contributed by atoms with Gasteiger partial charge in [-0.2, -0.15) is 0 Å². The van der Waals surface area contributed by atoms with E-state index in [0.29, 0.717) is 13.0 Å². The molecule has 2 aliphatic rings. The van der Waals surface area contributed by atoms with Crippen LogP contribution in [0.2, 0.25) is 0 Å². The van der Waals surface area contributed by atoms with Gasteiger partial charge in [0.15, 0.2) is 0 Å².